The largest absolute Gasteiger partial charge is 0.453 e. The number of benzene rings is 1. The normalized spacial score (nSPS) is 10.6. The molecule has 0 fully saturated rings. The van der Waals surface area contributed by atoms with Gasteiger partial charge >= 0.3 is 0 Å². The summed E-state index contributed by atoms with van der Waals surface area (Å²) in [7, 11) is 0. The summed E-state index contributed by atoms with van der Waals surface area (Å²) in [5.41, 5.74) is 1.83. The highest BCUT2D eigenvalue weighted by molar-refractivity contribution is 5.99. The number of hydrogen-bond acceptors (Lipinski definition) is 4. The molecule has 0 bridgehead atoms. The number of hydrogen-bond donors (Lipinski definition) is 0. The molecule has 2 heterocycles. The van der Waals surface area contributed by atoms with Crippen LogP contribution >= 0.6 is 0 Å². The fourth-order valence-corrected chi connectivity index (χ4v) is 2.12. The minimum absolute atomic E-state index is 0.0144. The summed E-state index contributed by atoms with van der Waals surface area (Å²) in [6, 6.07) is 12.3. The Morgan fingerprint density at radius 1 is 1.20 bits per heavy atom. The molecule has 0 aliphatic carbocycles. The highest BCUT2D eigenvalue weighted by atomic mass is 16.3. The van der Waals surface area contributed by atoms with Crippen LogP contribution in [0.5, 0.6) is 0 Å². The molecule has 0 saturated heterocycles. The van der Waals surface area contributed by atoms with Gasteiger partial charge in [0, 0.05) is 17.1 Å². The zero-order valence-electron chi connectivity index (χ0n) is 10.6. The Hall–Kier alpha value is -2.75. The van der Waals surface area contributed by atoms with Gasteiger partial charge in [-0.1, -0.05) is 30.3 Å². The number of nitrogens with zero attached hydrogens (tertiary/aromatic N) is 1. The molecule has 4 heteroatoms. The molecule has 0 spiro atoms. The van der Waals surface area contributed by atoms with E-state index < -0.39 is 0 Å². The third-order valence-corrected chi connectivity index (χ3v) is 3.09. The number of aromatic nitrogens is 1. The number of carbonyl (C=O) groups excluding carboxylic acids is 2. The van der Waals surface area contributed by atoms with Crippen molar-refractivity contribution in [1.29, 1.82) is 0 Å². The van der Waals surface area contributed by atoms with E-state index >= 15 is 0 Å². The number of Topliss-reactive ketones (excluding diaryl/α,β-unsaturated/α-hetero) is 1. The van der Waals surface area contributed by atoms with Gasteiger partial charge in [0.05, 0.1) is 12.1 Å². The monoisotopic (exact) mass is 265 g/mol. The van der Waals surface area contributed by atoms with E-state index in [4.69, 9.17) is 4.42 Å². The highest BCUT2D eigenvalue weighted by Gasteiger charge is 2.13. The maximum atomic E-state index is 12.2. The maximum absolute atomic E-state index is 12.2. The van der Waals surface area contributed by atoms with Crippen LogP contribution < -0.4 is 0 Å². The Kier molecular flexibility index (Phi) is 3.13. The van der Waals surface area contributed by atoms with Crippen LogP contribution in [-0.4, -0.2) is 17.1 Å². The molecule has 0 aliphatic heterocycles. The Balaban J connectivity index is 1.96. The number of pyridine rings is 1. The van der Waals surface area contributed by atoms with Gasteiger partial charge in [0.2, 0.25) is 0 Å². The van der Waals surface area contributed by atoms with Gasteiger partial charge in [-0.2, -0.15) is 0 Å². The van der Waals surface area contributed by atoms with Crippen LogP contribution in [0.3, 0.4) is 0 Å². The summed E-state index contributed by atoms with van der Waals surface area (Å²) in [6.45, 7) is 0. The first-order valence-electron chi connectivity index (χ1n) is 6.19. The molecule has 3 aromatic rings. The fourth-order valence-electron chi connectivity index (χ4n) is 2.12. The Labute approximate surface area is 115 Å². The van der Waals surface area contributed by atoms with Crippen LogP contribution in [-0.2, 0) is 6.42 Å². The Bertz CT molecular complexity index is 775. The number of carbonyl (C=O) groups is 2. The van der Waals surface area contributed by atoms with Crippen molar-refractivity contribution >= 4 is 23.0 Å². The molecule has 0 atom stereocenters. The van der Waals surface area contributed by atoms with Crippen LogP contribution in [0.15, 0.2) is 53.1 Å². The van der Waals surface area contributed by atoms with Crippen molar-refractivity contribution in [3.63, 3.8) is 0 Å². The summed E-state index contributed by atoms with van der Waals surface area (Å²) in [5, 5.41) is 0.707. The van der Waals surface area contributed by atoms with Gasteiger partial charge in [-0.25, -0.2) is 0 Å². The fraction of sp³-hybridized carbons (Fsp3) is 0.0625. The molecule has 0 amide bonds. The lowest BCUT2D eigenvalue weighted by atomic mass is 10.0. The van der Waals surface area contributed by atoms with E-state index in [1.54, 1.807) is 30.5 Å². The molecule has 2 aromatic heterocycles. The lowest BCUT2D eigenvalue weighted by Gasteiger charge is -2.01. The van der Waals surface area contributed by atoms with Crippen molar-refractivity contribution in [3.05, 3.63) is 65.7 Å². The van der Waals surface area contributed by atoms with E-state index in [0.717, 1.165) is 0 Å². The smallest absolute Gasteiger partial charge is 0.185 e. The molecule has 20 heavy (non-hydrogen) atoms. The standard InChI is InChI=1S/C16H11NO3/c18-10-12-8-13-14(17-7-6-16(13)20-12)9-15(19)11-4-2-1-3-5-11/h1-8,10H,9H2. The molecule has 0 aliphatic rings. The van der Waals surface area contributed by atoms with E-state index in [0.29, 0.717) is 28.5 Å². The van der Waals surface area contributed by atoms with Crippen molar-refractivity contribution in [2.75, 3.05) is 0 Å². The second-order valence-electron chi connectivity index (χ2n) is 4.40. The zero-order chi connectivity index (χ0) is 13.9. The number of furan rings is 1. The second-order valence-corrected chi connectivity index (χ2v) is 4.40. The molecular weight excluding hydrogens is 254 g/mol. The topological polar surface area (TPSA) is 60.2 Å². The van der Waals surface area contributed by atoms with E-state index in [9.17, 15) is 9.59 Å². The van der Waals surface area contributed by atoms with Gasteiger partial charge in [0.15, 0.2) is 17.8 Å². The van der Waals surface area contributed by atoms with Gasteiger partial charge in [-0.15, -0.1) is 0 Å². The number of ketones is 1. The summed E-state index contributed by atoms with van der Waals surface area (Å²) in [6.07, 6.45) is 2.40. The zero-order valence-corrected chi connectivity index (χ0v) is 10.6. The quantitative estimate of drug-likeness (QED) is 0.537. The SMILES string of the molecule is O=Cc1cc2c(CC(=O)c3ccccc3)nccc2o1. The average molecular weight is 265 g/mol. The summed E-state index contributed by atoms with van der Waals surface area (Å²) in [5.74, 6) is 0.223. The van der Waals surface area contributed by atoms with Gasteiger partial charge in [-0.3, -0.25) is 14.6 Å². The second kappa shape index (κ2) is 5.09. The van der Waals surface area contributed by atoms with Gasteiger partial charge < -0.3 is 4.42 Å². The van der Waals surface area contributed by atoms with Crippen LogP contribution in [0.2, 0.25) is 0 Å². The minimum atomic E-state index is -0.0144. The lowest BCUT2D eigenvalue weighted by molar-refractivity contribution is 0.0992. The molecule has 0 unspecified atom stereocenters. The van der Waals surface area contributed by atoms with Crippen molar-refractivity contribution < 1.29 is 14.0 Å². The van der Waals surface area contributed by atoms with Crippen LogP contribution in [0.1, 0.15) is 26.6 Å². The van der Waals surface area contributed by atoms with Gasteiger partial charge in [0.25, 0.3) is 0 Å². The third-order valence-electron chi connectivity index (χ3n) is 3.09. The molecule has 0 radical (unpaired) electrons. The highest BCUT2D eigenvalue weighted by Crippen LogP contribution is 2.21. The predicted molar refractivity (Wildman–Crippen MR) is 73.9 cm³/mol. The third kappa shape index (κ3) is 2.23. The van der Waals surface area contributed by atoms with Crippen molar-refractivity contribution in [1.82, 2.24) is 4.98 Å². The first-order valence-corrected chi connectivity index (χ1v) is 6.19. The first-order chi connectivity index (χ1) is 9.78. The number of fused-ring (bicyclic) bond motifs is 1. The van der Waals surface area contributed by atoms with Crippen molar-refractivity contribution in [2.24, 2.45) is 0 Å². The number of aldehydes is 1. The first kappa shape index (κ1) is 12.3. The maximum Gasteiger partial charge on any atom is 0.185 e. The molecule has 1 aromatic carbocycles. The van der Waals surface area contributed by atoms with Crippen LogP contribution in [0.25, 0.3) is 11.0 Å². The summed E-state index contributed by atoms with van der Waals surface area (Å²) >= 11 is 0. The molecule has 0 N–H and O–H groups in total. The van der Waals surface area contributed by atoms with E-state index in [2.05, 4.69) is 4.98 Å². The molecule has 0 saturated carbocycles. The van der Waals surface area contributed by atoms with E-state index in [-0.39, 0.29) is 18.0 Å². The molecule has 3 rings (SSSR count). The van der Waals surface area contributed by atoms with Crippen molar-refractivity contribution in [2.45, 2.75) is 6.42 Å². The average Bonchev–Trinajstić information content (AvgIpc) is 2.92. The molecule has 98 valence electrons. The Morgan fingerprint density at radius 2 is 2.00 bits per heavy atom. The number of rotatable bonds is 4. The molecular formula is C16H11NO3. The minimum Gasteiger partial charge on any atom is -0.453 e. The summed E-state index contributed by atoms with van der Waals surface area (Å²) < 4.78 is 5.33. The summed E-state index contributed by atoms with van der Waals surface area (Å²) in [4.78, 5) is 27.2. The predicted octanol–water partition coefficient (Wildman–Crippen LogP) is 3.07. The van der Waals surface area contributed by atoms with E-state index in [1.165, 1.54) is 0 Å². The van der Waals surface area contributed by atoms with Gasteiger partial charge in [0.1, 0.15) is 5.58 Å². The van der Waals surface area contributed by atoms with Crippen LogP contribution in [0, 0.1) is 0 Å². The van der Waals surface area contributed by atoms with Gasteiger partial charge in [-0.05, 0) is 12.1 Å². The lowest BCUT2D eigenvalue weighted by Crippen LogP contribution is -2.05. The van der Waals surface area contributed by atoms with E-state index in [1.807, 2.05) is 18.2 Å². The van der Waals surface area contributed by atoms with Crippen molar-refractivity contribution in [3.8, 4) is 0 Å². The van der Waals surface area contributed by atoms with Crippen LogP contribution in [0.4, 0.5) is 0 Å². The Morgan fingerprint density at radius 3 is 2.75 bits per heavy atom. The molecule has 4 nitrogen and oxygen atoms in total.